The fourth-order valence-corrected chi connectivity index (χ4v) is 1.09. The maximum atomic E-state index is 13.2. The standard InChI is InChI=1S/C9H11FN2O2/c10-7-3-5(9(13)14)1-2-6(7)8(12)4-11/h1-3,8H,4,11-12H2,(H,13,14)/t8-/m0/s1. The van der Waals surface area contributed by atoms with Crippen molar-refractivity contribution in [3.63, 3.8) is 0 Å². The highest BCUT2D eigenvalue weighted by molar-refractivity contribution is 5.87. The zero-order chi connectivity index (χ0) is 10.7. The SMILES string of the molecule is NC[C@H](N)c1ccc(C(=O)O)cc1F. The normalized spacial score (nSPS) is 12.5. The monoisotopic (exact) mass is 198 g/mol. The second-order valence-electron chi connectivity index (χ2n) is 2.88. The molecule has 5 N–H and O–H groups in total. The molecule has 5 heteroatoms. The molecule has 0 spiro atoms. The number of carbonyl (C=O) groups is 1. The summed E-state index contributed by atoms with van der Waals surface area (Å²) >= 11 is 0. The van der Waals surface area contributed by atoms with Gasteiger partial charge in [0.05, 0.1) is 5.56 Å². The lowest BCUT2D eigenvalue weighted by Crippen LogP contribution is -2.22. The van der Waals surface area contributed by atoms with Gasteiger partial charge in [-0.15, -0.1) is 0 Å². The highest BCUT2D eigenvalue weighted by Crippen LogP contribution is 2.15. The Hall–Kier alpha value is -1.46. The van der Waals surface area contributed by atoms with Crippen LogP contribution in [0.25, 0.3) is 0 Å². The number of hydrogen-bond acceptors (Lipinski definition) is 3. The van der Waals surface area contributed by atoms with E-state index in [2.05, 4.69) is 0 Å². The van der Waals surface area contributed by atoms with Crippen LogP contribution in [0.2, 0.25) is 0 Å². The molecule has 1 atom stereocenters. The molecular weight excluding hydrogens is 187 g/mol. The summed E-state index contributed by atoms with van der Waals surface area (Å²) in [5, 5.41) is 8.57. The molecule has 0 bridgehead atoms. The molecule has 0 aliphatic carbocycles. The van der Waals surface area contributed by atoms with E-state index in [0.29, 0.717) is 0 Å². The van der Waals surface area contributed by atoms with Crippen molar-refractivity contribution in [3.8, 4) is 0 Å². The Morgan fingerprint density at radius 2 is 2.21 bits per heavy atom. The molecule has 0 saturated carbocycles. The highest BCUT2D eigenvalue weighted by Gasteiger charge is 2.12. The molecule has 76 valence electrons. The predicted octanol–water partition coefficient (Wildman–Crippen LogP) is 0.482. The Balaban J connectivity index is 3.07. The van der Waals surface area contributed by atoms with E-state index in [1.165, 1.54) is 12.1 Å². The van der Waals surface area contributed by atoms with Gasteiger partial charge in [0.1, 0.15) is 5.82 Å². The van der Waals surface area contributed by atoms with Crippen LogP contribution in [0.1, 0.15) is 22.0 Å². The Labute approximate surface area is 80.3 Å². The van der Waals surface area contributed by atoms with E-state index < -0.39 is 17.8 Å². The molecule has 0 fully saturated rings. The Kier molecular flexibility index (Phi) is 3.16. The summed E-state index contributed by atoms with van der Waals surface area (Å²) in [6, 6.07) is 2.98. The quantitative estimate of drug-likeness (QED) is 0.659. The number of nitrogens with two attached hydrogens (primary N) is 2. The van der Waals surface area contributed by atoms with Crippen molar-refractivity contribution >= 4 is 5.97 Å². The number of halogens is 1. The summed E-state index contributed by atoms with van der Waals surface area (Å²) in [4.78, 5) is 10.5. The van der Waals surface area contributed by atoms with Crippen LogP contribution in [0.3, 0.4) is 0 Å². The first kappa shape index (κ1) is 10.6. The van der Waals surface area contributed by atoms with E-state index >= 15 is 0 Å². The van der Waals surface area contributed by atoms with Crippen molar-refractivity contribution in [1.29, 1.82) is 0 Å². The molecule has 0 amide bonds. The summed E-state index contributed by atoms with van der Waals surface area (Å²) < 4.78 is 13.2. The average molecular weight is 198 g/mol. The van der Waals surface area contributed by atoms with Crippen molar-refractivity contribution in [2.24, 2.45) is 11.5 Å². The first-order valence-electron chi connectivity index (χ1n) is 4.04. The number of aromatic carboxylic acids is 1. The van der Waals surface area contributed by atoms with Gasteiger partial charge in [-0.3, -0.25) is 0 Å². The number of rotatable bonds is 3. The van der Waals surface area contributed by atoms with E-state index in [-0.39, 0.29) is 17.7 Å². The molecule has 4 nitrogen and oxygen atoms in total. The van der Waals surface area contributed by atoms with Crippen LogP contribution in [0.15, 0.2) is 18.2 Å². The van der Waals surface area contributed by atoms with Crippen LogP contribution in [-0.2, 0) is 0 Å². The van der Waals surface area contributed by atoms with Crippen LogP contribution in [0.4, 0.5) is 4.39 Å². The van der Waals surface area contributed by atoms with Crippen LogP contribution in [0.5, 0.6) is 0 Å². The fraction of sp³-hybridized carbons (Fsp3) is 0.222. The molecule has 1 rings (SSSR count). The van der Waals surface area contributed by atoms with Gasteiger partial charge in [0.15, 0.2) is 0 Å². The van der Waals surface area contributed by atoms with Gasteiger partial charge in [-0.1, -0.05) is 6.07 Å². The first-order chi connectivity index (χ1) is 6.56. The lowest BCUT2D eigenvalue weighted by molar-refractivity contribution is 0.0696. The molecule has 0 heterocycles. The van der Waals surface area contributed by atoms with E-state index in [9.17, 15) is 9.18 Å². The summed E-state index contributed by atoms with van der Waals surface area (Å²) in [6.45, 7) is 0.114. The van der Waals surface area contributed by atoms with Crippen molar-refractivity contribution in [1.82, 2.24) is 0 Å². The van der Waals surface area contributed by atoms with E-state index in [0.717, 1.165) is 6.07 Å². The summed E-state index contributed by atoms with van der Waals surface area (Å²) in [5.74, 6) is -1.81. The van der Waals surface area contributed by atoms with E-state index in [1.807, 2.05) is 0 Å². The van der Waals surface area contributed by atoms with E-state index in [1.54, 1.807) is 0 Å². The minimum Gasteiger partial charge on any atom is -0.478 e. The van der Waals surface area contributed by atoms with Gasteiger partial charge < -0.3 is 16.6 Å². The lowest BCUT2D eigenvalue weighted by atomic mass is 10.0. The summed E-state index contributed by atoms with van der Waals surface area (Å²) in [5.41, 5.74) is 10.9. The van der Waals surface area contributed by atoms with Crippen LogP contribution in [0, 0.1) is 5.82 Å². The lowest BCUT2D eigenvalue weighted by Gasteiger charge is -2.10. The Bertz CT molecular complexity index is 355. The zero-order valence-electron chi connectivity index (χ0n) is 7.40. The number of hydrogen-bond donors (Lipinski definition) is 3. The van der Waals surface area contributed by atoms with Gasteiger partial charge in [-0.25, -0.2) is 9.18 Å². The molecule has 0 unspecified atom stereocenters. The van der Waals surface area contributed by atoms with Gasteiger partial charge in [-0.05, 0) is 12.1 Å². The zero-order valence-corrected chi connectivity index (χ0v) is 7.40. The van der Waals surface area contributed by atoms with Crippen molar-refractivity contribution in [2.75, 3.05) is 6.54 Å². The third kappa shape index (κ3) is 2.07. The third-order valence-electron chi connectivity index (χ3n) is 1.90. The smallest absolute Gasteiger partial charge is 0.335 e. The first-order valence-corrected chi connectivity index (χ1v) is 4.04. The van der Waals surface area contributed by atoms with Crippen LogP contribution >= 0.6 is 0 Å². The highest BCUT2D eigenvalue weighted by atomic mass is 19.1. The topological polar surface area (TPSA) is 89.3 Å². The fourth-order valence-electron chi connectivity index (χ4n) is 1.09. The second-order valence-corrected chi connectivity index (χ2v) is 2.88. The van der Waals surface area contributed by atoms with Gasteiger partial charge >= 0.3 is 5.97 Å². The number of benzene rings is 1. The molecular formula is C9H11FN2O2. The minimum absolute atomic E-state index is 0.101. The van der Waals surface area contributed by atoms with Gasteiger partial charge in [0, 0.05) is 18.2 Å². The maximum Gasteiger partial charge on any atom is 0.335 e. The number of carboxylic acid groups (broad SMARTS) is 1. The Morgan fingerprint density at radius 1 is 1.57 bits per heavy atom. The van der Waals surface area contributed by atoms with E-state index in [4.69, 9.17) is 16.6 Å². The largest absolute Gasteiger partial charge is 0.478 e. The average Bonchev–Trinajstić information content (AvgIpc) is 2.16. The second kappa shape index (κ2) is 4.17. The maximum absolute atomic E-state index is 13.2. The summed E-state index contributed by atoms with van der Waals surface area (Å²) in [7, 11) is 0. The van der Waals surface area contributed by atoms with Crippen molar-refractivity contribution < 1.29 is 14.3 Å². The van der Waals surface area contributed by atoms with Gasteiger partial charge in [-0.2, -0.15) is 0 Å². The van der Waals surface area contributed by atoms with Crippen LogP contribution < -0.4 is 11.5 Å². The molecule has 0 aliphatic heterocycles. The minimum atomic E-state index is -1.17. The van der Waals surface area contributed by atoms with Gasteiger partial charge in [0.25, 0.3) is 0 Å². The summed E-state index contributed by atoms with van der Waals surface area (Å²) in [6.07, 6.45) is 0. The van der Waals surface area contributed by atoms with Gasteiger partial charge in [0.2, 0.25) is 0 Å². The molecule has 1 aromatic rings. The molecule has 14 heavy (non-hydrogen) atoms. The molecule has 0 saturated heterocycles. The number of carboxylic acids is 1. The molecule has 0 aromatic heterocycles. The molecule has 0 aliphatic rings. The third-order valence-corrected chi connectivity index (χ3v) is 1.90. The Morgan fingerprint density at radius 3 is 2.64 bits per heavy atom. The van der Waals surface area contributed by atoms with Crippen molar-refractivity contribution in [2.45, 2.75) is 6.04 Å². The van der Waals surface area contributed by atoms with Crippen LogP contribution in [-0.4, -0.2) is 17.6 Å². The predicted molar refractivity (Wildman–Crippen MR) is 49.3 cm³/mol. The van der Waals surface area contributed by atoms with Crippen molar-refractivity contribution in [3.05, 3.63) is 35.1 Å². The molecule has 0 radical (unpaired) electrons. The molecule has 1 aromatic carbocycles.